The van der Waals surface area contributed by atoms with Crippen molar-refractivity contribution < 1.29 is 14.1 Å². The van der Waals surface area contributed by atoms with Gasteiger partial charge in [0.2, 0.25) is 0 Å². The molecule has 0 fully saturated rings. The highest BCUT2D eigenvalue weighted by Gasteiger charge is 2.04. The van der Waals surface area contributed by atoms with Crippen LogP contribution in [-0.4, -0.2) is 43.3 Å². The molecule has 6 nitrogen and oxygen atoms in total. The van der Waals surface area contributed by atoms with E-state index in [1.807, 2.05) is 6.92 Å². The van der Waals surface area contributed by atoms with Gasteiger partial charge in [0.05, 0.1) is 12.4 Å². The minimum absolute atomic E-state index is 0.0947. The zero-order valence-electron chi connectivity index (χ0n) is 8.84. The molecular formula is C9H13N3O3S. The lowest BCUT2D eigenvalue weighted by Crippen LogP contribution is -2.13. The van der Waals surface area contributed by atoms with Gasteiger partial charge >= 0.3 is 5.97 Å². The summed E-state index contributed by atoms with van der Waals surface area (Å²) in [5.74, 6) is 0.550. The minimum Gasteiger partial charge on any atom is -0.476 e. The van der Waals surface area contributed by atoms with Crippen molar-refractivity contribution in [3.05, 3.63) is 18.1 Å². The Bertz CT molecular complexity index is 380. The quantitative estimate of drug-likeness (QED) is 0.749. The summed E-state index contributed by atoms with van der Waals surface area (Å²) in [7, 11) is -0.817. The summed E-state index contributed by atoms with van der Waals surface area (Å²) in [5.41, 5.74) is -0.0947. The van der Waals surface area contributed by atoms with Crippen molar-refractivity contribution in [1.82, 2.24) is 9.97 Å². The third-order valence-corrected chi connectivity index (χ3v) is 3.13. The van der Waals surface area contributed by atoms with E-state index in [1.165, 1.54) is 12.4 Å². The molecule has 1 rings (SSSR count). The normalized spacial score (nSPS) is 12.1. The van der Waals surface area contributed by atoms with Crippen LogP contribution in [0.1, 0.15) is 17.4 Å². The summed E-state index contributed by atoms with van der Waals surface area (Å²) < 4.78 is 11.1. The highest BCUT2D eigenvalue weighted by Crippen LogP contribution is 2.00. The molecule has 0 aromatic carbocycles. The Morgan fingerprint density at radius 1 is 1.50 bits per heavy atom. The van der Waals surface area contributed by atoms with E-state index in [9.17, 15) is 9.00 Å². The van der Waals surface area contributed by atoms with E-state index in [-0.39, 0.29) is 5.69 Å². The molecule has 1 aromatic heterocycles. The molecule has 0 bridgehead atoms. The van der Waals surface area contributed by atoms with Crippen LogP contribution in [0.25, 0.3) is 0 Å². The fourth-order valence-corrected chi connectivity index (χ4v) is 1.59. The summed E-state index contributed by atoms with van der Waals surface area (Å²) in [6.07, 6.45) is 2.53. The van der Waals surface area contributed by atoms with Gasteiger partial charge in [0.25, 0.3) is 0 Å². The van der Waals surface area contributed by atoms with Crippen LogP contribution in [0.15, 0.2) is 12.4 Å². The van der Waals surface area contributed by atoms with Crippen LogP contribution >= 0.6 is 0 Å². The number of anilines is 1. The van der Waals surface area contributed by atoms with E-state index < -0.39 is 16.8 Å². The van der Waals surface area contributed by atoms with Crippen LogP contribution in [0.2, 0.25) is 0 Å². The van der Waals surface area contributed by atoms with Gasteiger partial charge in [-0.05, 0) is 0 Å². The number of hydrogen-bond donors (Lipinski definition) is 2. The zero-order chi connectivity index (χ0) is 12.0. The number of carboxylic acids is 1. The van der Waals surface area contributed by atoms with E-state index in [2.05, 4.69) is 15.3 Å². The largest absolute Gasteiger partial charge is 0.476 e. The fraction of sp³-hybridized carbons (Fsp3) is 0.444. The first kappa shape index (κ1) is 12.6. The van der Waals surface area contributed by atoms with Crippen molar-refractivity contribution in [2.75, 3.05) is 23.4 Å². The number of hydrogen-bond acceptors (Lipinski definition) is 5. The molecule has 1 aromatic rings. The number of carboxylic acid groups (broad SMARTS) is 1. The molecular weight excluding hydrogens is 230 g/mol. The topological polar surface area (TPSA) is 92.2 Å². The van der Waals surface area contributed by atoms with E-state index in [0.29, 0.717) is 23.9 Å². The third kappa shape index (κ3) is 3.93. The second-order valence-electron chi connectivity index (χ2n) is 2.95. The SMILES string of the molecule is CCS(=O)CCNc1cnc(C(=O)O)cn1. The molecule has 1 unspecified atom stereocenters. The molecule has 0 aliphatic heterocycles. The Morgan fingerprint density at radius 3 is 2.75 bits per heavy atom. The Morgan fingerprint density at radius 2 is 2.25 bits per heavy atom. The van der Waals surface area contributed by atoms with Gasteiger partial charge in [-0.3, -0.25) is 4.21 Å². The predicted octanol–water partition coefficient (Wildman–Crippen LogP) is 0.355. The fourth-order valence-electron chi connectivity index (χ4n) is 0.967. The van der Waals surface area contributed by atoms with Gasteiger partial charge in [-0.2, -0.15) is 0 Å². The van der Waals surface area contributed by atoms with Crippen LogP contribution in [0.4, 0.5) is 5.82 Å². The monoisotopic (exact) mass is 243 g/mol. The molecule has 0 aliphatic rings. The average molecular weight is 243 g/mol. The molecule has 7 heteroatoms. The Balaban J connectivity index is 2.43. The van der Waals surface area contributed by atoms with Crippen LogP contribution in [0.5, 0.6) is 0 Å². The number of aromatic carboxylic acids is 1. The smallest absolute Gasteiger partial charge is 0.356 e. The molecule has 2 N–H and O–H groups in total. The van der Waals surface area contributed by atoms with Gasteiger partial charge in [-0.1, -0.05) is 6.92 Å². The van der Waals surface area contributed by atoms with Crippen LogP contribution in [0.3, 0.4) is 0 Å². The first-order chi connectivity index (χ1) is 7.63. The number of carbonyl (C=O) groups is 1. The third-order valence-electron chi connectivity index (χ3n) is 1.83. The molecule has 16 heavy (non-hydrogen) atoms. The van der Waals surface area contributed by atoms with Gasteiger partial charge in [-0.15, -0.1) is 0 Å². The molecule has 0 saturated heterocycles. The second-order valence-corrected chi connectivity index (χ2v) is 4.82. The van der Waals surface area contributed by atoms with Crippen molar-refractivity contribution in [2.45, 2.75) is 6.92 Å². The molecule has 0 spiro atoms. The van der Waals surface area contributed by atoms with Gasteiger partial charge in [0, 0.05) is 28.9 Å². The molecule has 0 aliphatic carbocycles. The highest BCUT2D eigenvalue weighted by atomic mass is 32.2. The Labute approximate surface area is 95.6 Å². The summed E-state index contributed by atoms with van der Waals surface area (Å²) in [6, 6.07) is 0. The molecule has 0 radical (unpaired) electrons. The van der Waals surface area contributed by atoms with Crippen molar-refractivity contribution >= 4 is 22.6 Å². The molecule has 88 valence electrons. The molecule has 1 atom stereocenters. The maximum atomic E-state index is 11.1. The van der Waals surface area contributed by atoms with Gasteiger partial charge in [-0.25, -0.2) is 14.8 Å². The lowest BCUT2D eigenvalue weighted by Gasteiger charge is -2.04. The summed E-state index contributed by atoms with van der Waals surface area (Å²) in [4.78, 5) is 18.1. The Hall–Kier alpha value is -1.50. The lowest BCUT2D eigenvalue weighted by atomic mass is 10.4. The number of aromatic nitrogens is 2. The maximum absolute atomic E-state index is 11.1. The van der Waals surface area contributed by atoms with E-state index in [0.717, 1.165) is 0 Å². The van der Waals surface area contributed by atoms with E-state index in [4.69, 9.17) is 5.11 Å². The predicted molar refractivity (Wildman–Crippen MR) is 61.0 cm³/mol. The second kappa shape index (κ2) is 6.16. The van der Waals surface area contributed by atoms with Crippen LogP contribution in [-0.2, 0) is 10.8 Å². The van der Waals surface area contributed by atoms with Crippen LogP contribution in [0, 0.1) is 0 Å². The summed E-state index contributed by atoms with van der Waals surface area (Å²) >= 11 is 0. The van der Waals surface area contributed by atoms with Gasteiger partial charge in [0.1, 0.15) is 5.82 Å². The standard InChI is InChI=1S/C9H13N3O3S/c1-2-16(15)4-3-10-8-6-11-7(5-12-8)9(13)14/h5-6H,2-4H2,1H3,(H,10,12)(H,13,14). The average Bonchev–Trinajstić information content (AvgIpc) is 2.29. The number of rotatable bonds is 6. The van der Waals surface area contributed by atoms with Crippen molar-refractivity contribution in [1.29, 1.82) is 0 Å². The lowest BCUT2D eigenvalue weighted by molar-refractivity contribution is 0.0690. The molecule has 0 saturated carbocycles. The van der Waals surface area contributed by atoms with E-state index >= 15 is 0 Å². The maximum Gasteiger partial charge on any atom is 0.356 e. The summed E-state index contributed by atoms with van der Waals surface area (Å²) in [6.45, 7) is 2.39. The molecule has 1 heterocycles. The zero-order valence-corrected chi connectivity index (χ0v) is 9.66. The van der Waals surface area contributed by atoms with Gasteiger partial charge < -0.3 is 10.4 Å². The minimum atomic E-state index is -1.11. The van der Waals surface area contributed by atoms with Crippen molar-refractivity contribution in [2.24, 2.45) is 0 Å². The van der Waals surface area contributed by atoms with Crippen molar-refractivity contribution in [3.63, 3.8) is 0 Å². The highest BCUT2D eigenvalue weighted by molar-refractivity contribution is 7.84. The van der Waals surface area contributed by atoms with Crippen molar-refractivity contribution in [3.8, 4) is 0 Å². The first-order valence-corrected chi connectivity index (χ1v) is 6.26. The number of nitrogens with zero attached hydrogens (tertiary/aromatic N) is 2. The van der Waals surface area contributed by atoms with E-state index in [1.54, 1.807) is 0 Å². The van der Waals surface area contributed by atoms with Gasteiger partial charge in [0.15, 0.2) is 5.69 Å². The Kier molecular flexibility index (Phi) is 4.84. The number of nitrogens with one attached hydrogen (secondary N) is 1. The van der Waals surface area contributed by atoms with Crippen LogP contribution < -0.4 is 5.32 Å². The summed E-state index contributed by atoms with van der Waals surface area (Å²) in [5, 5.41) is 11.5. The molecule has 0 amide bonds. The first-order valence-electron chi connectivity index (χ1n) is 4.77.